The van der Waals surface area contributed by atoms with Gasteiger partial charge in [-0.3, -0.25) is 4.79 Å². The first-order valence-corrected chi connectivity index (χ1v) is 6.34. The zero-order valence-electron chi connectivity index (χ0n) is 10.4. The maximum Gasteiger partial charge on any atom is 0.161 e. The molecule has 0 bridgehead atoms. The van der Waals surface area contributed by atoms with Gasteiger partial charge in [0.25, 0.3) is 0 Å². The second kappa shape index (κ2) is 5.21. The Morgan fingerprint density at radius 2 is 1.82 bits per heavy atom. The van der Waals surface area contributed by atoms with Gasteiger partial charge in [-0.25, -0.2) is 0 Å². The molecule has 3 nitrogen and oxygen atoms in total. The first-order chi connectivity index (χ1) is 8.18. The van der Waals surface area contributed by atoms with E-state index < -0.39 is 0 Å². The summed E-state index contributed by atoms with van der Waals surface area (Å²) in [6.45, 7) is 3.75. The fourth-order valence-electron chi connectivity index (χ4n) is 2.40. The highest BCUT2D eigenvalue weighted by Gasteiger charge is 2.12. The van der Waals surface area contributed by atoms with Gasteiger partial charge >= 0.3 is 0 Å². The minimum absolute atomic E-state index is 0.0323. The average molecular weight is 232 g/mol. The number of nitrogens with two attached hydrogens (primary N) is 1. The minimum atomic E-state index is 0.0323. The van der Waals surface area contributed by atoms with E-state index in [2.05, 4.69) is 4.90 Å². The van der Waals surface area contributed by atoms with Crippen LogP contribution in [0.3, 0.4) is 0 Å². The van der Waals surface area contributed by atoms with E-state index in [9.17, 15) is 4.79 Å². The van der Waals surface area contributed by atoms with E-state index in [-0.39, 0.29) is 5.78 Å². The van der Waals surface area contributed by atoms with Crippen molar-refractivity contribution in [3.05, 3.63) is 23.8 Å². The van der Waals surface area contributed by atoms with E-state index in [0.717, 1.165) is 18.8 Å². The smallest absolute Gasteiger partial charge is 0.161 e. The fourth-order valence-corrected chi connectivity index (χ4v) is 2.40. The van der Waals surface area contributed by atoms with Gasteiger partial charge in [0.15, 0.2) is 5.78 Å². The molecule has 0 radical (unpaired) electrons. The maximum absolute atomic E-state index is 11.3. The summed E-state index contributed by atoms with van der Waals surface area (Å²) in [6.07, 6.45) is 5.12. The molecule has 1 saturated heterocycles. The minimum Gasteiger partial charge on any atom is -0.398 e. The van der Waals surface area contributed by atoms with Crippen molar-refractivity contribution in [1.82, 2.24) is 0 Å². The summed E-state index contributed by atoms with van der Waals surface area (Å²) in [7, 11) is 0. The summed E-state index contributed by atoms with van der Waals surface area (Å²) in [5.74, 6) is 0.0323. The maximum atomic E-state index is 11.3. The van der Waals surface area contributed by atoms with E-state index >= 15 is 0 Å². The second-order valence-electron chi connectivity index (χ2n) is 4.73. The number of nitrogens with zero attached hydrogens (tertiary/aromatic N) is 1. The van der Waals surface area contributed by atoms with E-state index in [0.29, 0.717) is 11.3 Å². The molecule has 0 atom stereocenters. The molecule has 0 aliphatic carbocycles. The zero-order valence-corrected chi connectivity index (χ0v) is 10.4. The number of Topliss-reactive ketones (excluding diaryl/α,β-unsaturated/α-hetero) is 1. The third kappa shape index (κ3) is 2.78. The standard InChI is InChI=1S/C14H20N2O/c1-11(17)13-7-6-12(10-14(13)15)16-8-4-2-3-5-9-16/h6-7,10H,2-5,8-9,15H2,1H3. The van der Waals surface area contributed by atoms with Crippen LogP contribution in [-0.2, 0) is 0 Å². The molecule has 1 aliphatic heterocycles. The van der Waals surface area contributed by atoms with Gasteiger partial charge < -0.3 is 10.6 Å². The first-order valence-electron chi connectivity index (χ1n) is 6.34. The van der Waals surface area contributed by atoms with Crippen molar-refractivity contribution in [2.24, 2.45) is 0 Å². The largest absolute Gasteiger partial charge is 0.398 e. The van der Waals surface area contributed by atoms with Crippen LogP contribution in [0.2, 0.25) is 0 Å². The Labute approximate surface area is 103 Å². The molecule has 0 spiro atoms. The lowest BCUT2D eigenvalue weighted by molar-refractivity contribution is 0.101. The third-order valence-corrected chi connectivity index (χ3v) is 3.39. The number of ketones is 1. The van der Waals surface area contributed by atoms with Crippen molar-refractivity contribution in [2.45, 2.75) is 32.6 Å². The van der Waals surface area contributed by atoms with Crippen LogP contribution < -0.4 is 10.6 Å². The number of carbonyl (C=O) groups is 1. The van der Waals surface area contributed by atoms with Crippen molar-refractivity contribution < 1.29 is 4.79 Å². The lowest BCUT2D eigenvalue weighted by atomic mass is 10.1. The highest BCUT2D eigenvalue weighted by Crippen LogP contribution is 2.24. The highest BCUT2D eigenvalue weighted by atomic mass is 16.1. The van der Waals surface area contributed by atoms with Crippen LogP contribution in [0.15, 0.2) is 18.2 Å². The van der Waals surface area contributed by atoms with Crippen LogP contribution in [0.5, 0.6) is 0 Å². The Morgan fingerprint density at radius 3 is 2.35 bits per heavy atom. The number of rotatable bonds is 2. The molecule has 0 unspecified atom stereocenters. The van der Waals surface area contributed by atoms with E-state index in [4.69, 9.17) is 5.73 Å². The molecule has 1 aliphatic rings. The molecule has 92 valence electrons. The Kier molecular flexibility index (Phi) is 3.67. The van der Waals surface area contributed by atoms with Gasteiger partial charge in [-0.05, 0) is 38.0 Å². The van der Waals surface area contributed by atoms with Gasteiger partial charge in [0.2, 0.25) is 0 Å². The number of hydrogen-bond acceptors (Lipinski definition) is 3. The lowest BCUT2D eigenvalue weighted by Crippen LogP contribution is -2.24. The van der Waals surface area contributed by atoms with Gasteiger partial charge in [-0.15, -0.1) is 0 Å². The predicted molar refractivity (Wildman–Crippen MR) is 71.5 cm³/mol. The SMILES string of the molecule is CC(=O)c1ccc(N2CCCCCC2)cc1N. The molecule has 0 amide bonds. The average Bonchev–Trinajstić information content (AvgIpc) is 2.56. The highest BCUT2D eigenvalue weighted by molar-refractivity contribution is 5.99. The lowest BCUT2D eigenvalue weighted by Gasteiger charge is -2.23. The van der Waals surface area contributed by atoms with Crippen LogP contribution in [0, 0.1) is 0 Å². The molecular formula is C14H20N2O. The molecule has 1 heterocycles. The molecule has 0 aromatic heterocycles. The fraction of sp³-hybridized carbons (Fsp3) is 0.500. The van der Waals surface area contributed by atoms with Gasteiger partial charge in [0, 0.05) is 30.0 Å². The van der Waals surface area contributed by atoms with Crippen LogP contribution in [0.4, 0.5) is 11.4 Å². The normalized spacial score (nSPS) is 16.6. The van der Waals surface area contributed by atoms with E-state index in [1.807, 2.05) is 18.2 Å². The molecule has 2 rings (SSSR count). The molecule has 2 N–H and O–H groups in total. The third-order valence-electron chi connectivity index (χ3n) is 3.39. The molecule has 0 saturated carbocycles. The van der Waals surface area contributed by atoms with Gasteiger partial charge in [-0.2, -0.15) is 0 Å². The zero-order chi connectivity index (χ0) is 12.3. The Bertz CT molecular complexity index is 407. The molecule has 1 fully saturated rings. The van der Waals surface area contributed by atoms with Crippen molar-refractivity contribution >= 4 is 17.2 Å². The summed E-state index contributed by atoms with van der Waals surface area (Å²) in [5.41, 5.74) is 8.29. The molecule has 1 aromatic carbocycles. The van der Waals surface area contributed by atoms with Crippen molar-refractivity contribution in [2.75, 3.05) is 23.7 Å². The predicted octanol–water partition coefficient (Wildman–Crippen LogP) is 2.85. The number of anilines is 2. The van der Waals surface area contributed by atoms with Crippen LogP contribution in [0.25, 0.3) is 0 Å². The van der Waals surface area contributed by atoms with Gasteiger partial charge in [0.1, 0.15) is 0 Å². The molecular weight excluding hydrogens is 212 g/mol. The van der Waals surface area contributed by atoms with E-state index in [1.165, 1.54) is 25.7 Å². The summed E-state index contributed by atoms with van der Waals surface area (Å²) >= 11 is 0. The van der Waals surface area contributed by atoms with Crippen LogP contribution >= 0.6 is 0 Å². The number of nitrogen functional groups attached to an aromatic ring is 1. The molecule has 1 aromatic rings. The summed E-state index contributed by atoms with van der Waals surface area (Å²) in [4.78, 5) is 13.7. The van der Waals surface area contributed by atoms with Crippen molar-refractivity contribution in [1.29, 1.82) is 0 Å². The molecule has 17 heavy (non-hydrogen) atoms. The molecule has 3 heteroatoms. The Morgan fingerprint density at radius 1 is 1.18 bits per heavy atom. The second-order valence-corrected chi connectivity index (χ2v) is 4.73. The monoisotopic (exact) mass is 232 g/mol. The van der Waals surface area contributed by atoms with Crippen LogP contribution in [0.1, 0.15) is 43.0 Å². The number of carbonyl (C=O) groups excluding carboxylic acids is 1. The summed E-state index contributed by atoms with van der Waals surface area (Å²) < 4.78 is 0. The quantitative estimate of drug-likeness (QED) is 0.630. The van der Waals surface area contributed by atoms with Crippen molar-refractivity contribution in [3.63, 3.8) is 0 Å². The Balaban J connectivity index is 2.21. The summed E-state index contributed by atoms with van der Waals surface area (Å²) in [6, 6.07) is 5.79. The number of hydrogen-bond donors (Lipinski definition) is 1. The Hall–Kier alpha value is -1.51. The topological polar surface area (TPSA) is 46.3 Å². The number of benzene rings is 1. The summed E-state index contributed by atoms with van der Waals surface area (Å²) in [5, 5.41) is 0. The first kappa shape index (κ1) is 12.0. The van der Waals surface area contributed by atoms with Crippen molar-refractivity contribution in [3.8, 4) is 0 Å². The van der Waals surface area contributed by atoms with Gasteiger partial charge in [0.05, 0.1) is 0 Å². The van der Waals surface area contributed by atoms with Crippen LogP contribution in [-0.4, -0.2) is 18.9 Å². The van der Waals surface area contributed by atoms with E-state index in [1.54, 1.807) is 6.92 Å². The van der Waals surface area contributed by atoms with Gasteiger partial charge in [-0.1, -0.05) is 12.8 Å².